The van der Waals surface area contributed by atoms with Crippen LogP contribution in [0.15, 0.2) is 48.5 Å². The van der Waals surface area contributed by atoms with Gasteiger partial charge in [0.1, 0.15) is 0 Å². The number of amides is 2. The zero-order chi connectivity index (χ0) is 16.9. The summed E-state index contributed by atoms with van der Waals surface area (Å²) in [5.74, 6) is 1.33. The first kappa shape index (κ1) is 16.6. The Bertz CT molecular complexity index is 746. The molecule has 5 heteroatoms. The number of fused-ring (bicyclic) bond motifs is 1. The van der Waals surface area contributed by atoms with E-state index >= 15 is 0 Å². The van der Waals surface area contributed by atoms with E-state index in [0.717, 1.165) is 22.7 Å². The van der Waals surface area contributed by atoms with E-state index in [1.165, 1.54) is 5.56 Å². The van der Waals surface area contributed by atoms with Crippen molar-refractivity contribution in [3.05, 3.63) is 59.7 Å². The third-order valence-corrected chi connectivity index (χ3v) is 4.96. The molecule has 0 unspecified atom stereocenters. The molecule has 4 nitrogen and oxygen atoms in total. The number of likely N-dealkylation sites (N-methyl/N-ethyl adjacent to an activating group) is 1. The number of rotatable bonds is 6. The van der Waals surface area contributed by atoms with E-state index in [0.29, 0.717) is 18.7 Å². The highest BCUT2D eigenvalue weighted by molar-refractivity contribution is 7.99. The van der Waals surface area contributed by atoms with Crippen molar-refractivity contribution in [2.45, 2.75) is 19.1 Å². The van der Waals surface area contributed by atoms with Crippen molar-refractivity contribution in [3.63, 3.8) is 0 Å². The number of benzene rings is 2. The van der Waals surface area contributed by atoms with Gasteiger partial charge >= 0.3 is 0 Å². The van der Waals surface area contributed by atoms with E-state index in [2.05, 4.69) is 17.4 Å². The minimum Gasteiger partial charge on any atom is -0.325 e. The van der Waals surface area contributed by atoms with Crippen LogP contribution in [-0.2, 0) is 21.8 Å². The molecule has 1 N–H and O–H groups in total. The second-order valence-corrected chi connectivity index (χ2v) is 6.67. The maximum Gasteiger partial charge on any atom is 0.234 e. The third kappa shape index (κ3) is 3.79. The number of carbonyl (C=O) groups is 2. The van der Waals surface area contributed by atoms with Crippen LogP contribution in [0, 0.1) is 0 Å². The predicted molar refractivity (Wildman–Crippen MR) is 99.4 cm³/mol. The van der Waals surface area contributed by atoms with Crippen LogP contribution in [0.3, 0.4) is 0 Å². The van der Waals surface area contributed by atoms with Crippen LogP contribution in [0.1, 0.15) is 18.1 Å². The van der Waals surface area contributed by atoms with Crippen LogP contribution in [-0.4, -0.2) is 24.1 Å². The number of nitrogens with zero attached hydrogens (tertiary/aromatic N) is 1. The highest BCUT2D eigenvalue weighted by Crippen LogP contribution is 2.31. The highest BCUT2D eigenvalue weighted by Gasteiger charge is 2.25. The van der Waals surface area contributed by atoms with Crippen LogP contribution < -0.4 is 10.2 Å². The maximum atomic E-state index is 12.1. The van der Waals surface area contributed by atoms with Gasteiger partial charge in [-0.15, -0.1) is 11.8 Å². The van der Waals surface area contributed by atoms with Crippen LogP contribution in [0.2, 0.25) is 0 Å². The Morgan fingerprint density at radius 3 is 2.75 bits per heavy atom. The minimum absolute atomic E-state index is 0.0208. The van der Waals surface area contributed by atoms with Gasteiger partial charge in [-0.3, -0.25) is 9.59 Å². The third-order valence-electron chi connectivity index (χ3n) is 3.96. The summed E-state index contributed by atoms with van der Waals surface area (Å²) in [6, 6.07) is 15.8. The van der Waals surface area contributed by atoms with Gasteiger partial charge in [0.25, 0.3) is 0 Å². The van der Waals surface area contributed by atoms with E-state index in [1.54, 1.807) is 16.7 Å². The molecular weight excluding hydrogens is 320 g/mol. The molecule has 0 bridgehead atoms. The van der Waals surface area contributed by atoms with Crippen molar-refractivity contribution >= 4 is 35.0 Å². The molecule has 2 amide bonds. The fourth-order valence-corrected chi connectivity index (χ4v) is 3.63. The molecule has 0 saturated carbocycles. The number of anilines is 2. The number of hydrogen-bond acceptors (Lipinski definition) is 3. The maximum absolute atomic E-state index is 12.1. The first-order chi connectivity index (χ1) is 11.7. The number of thioether (sulfide) groups is 1. The SMILES string of the molecule is CCN1C(=O)Cc2cc(NC(=O)CSCc3ccccc3)ccc21. The van der Waals surface area contributed by atoms with Crippen molar-refractivity contribution in [2.24, 2.45) is 0 Å². The number of nitrogens with one attached hydrogen (secondary N) is 1. The molecule has 124 valence electrons. The van der Waals surface area contributed by atoms with Gasteiger partial charge in [-0.25, -0.2) is 0 Å². The highest BCUT2D eigenvalue weighted by atomic mass is 32.2. The van der Waals surface area contributed by atoms with Gasteiger partial charge in [0, 0.05) is 23.7 Å². The lowest BCUT2D eigenvalue weighted by Gasteiger charge is -2.14. The Morgan fingerprint density at radius 1 is 1.21 bits per heavy atom. The zero-order valence-corrected chi connectivity index (χ0v) is 14.4. The molecule has 0 aliphatic carbocycles. The van der Waals surface area contributed by atoms with E-state index in [4.69, 9.17) is 0 Å². The van der Waals surface area contributed by atoms with Crippen molar-refractivity contribution in [3.8, 4) is 0 Å². The lowest BCUT2D eigenvalue weighted by Crippen LogP contribution is -2.25. The van der Waals surface area contributed by atoms with Crippen LogP contribution in [0.5, 0.6) is 0 Å². The average Bonchev–Trinajstić information content (AvgIpc) is 2.90. The van der Waals surface area contributed by atoms with Crippen LogP contribution >= 0.6 is 11.8 Å². The van der Waals surface area contributed by atoms with Gasteiger partial charge in [0.05, 0.1) is 12.2 Å². The monoisotopic (exact) mass is 340 g/mol. The average molecular weight is 340 g/mol. The summed E-state index contributed by atoms with van der Waals surface area (Å²) in [5.41, 5.74) is 3.91. The quantitative estimate of drug-likeness (QED) is 0.876. The number of hydrogen-bond donors (Lipinski definition) is 1. The zero-order valence-electron chi connectivity index (χ0n) is 13.6. The van der Waals surface area contributed by atoms with E-state index in [-0.39, 0.29) is 11.8 Å². The summed E-state index contributed by atoms with van der Waals surface area (Å²) in [6.07, 6.45) is 0.412. The topological polar surface area (TPSA) is 49.4 Å². The predicted octanol–water partition coefficient (Wildman–Crippen LogP) is 3.47. The molecule has 2 aromatic rings. The molecular formula is C19H20N2O2S. The Hall–Kier alpha value is -2.27. The first-order valence-electron chi connectivity index (χ1n) is 8.02. The molecule has 1 heterocycles. The molecule has 1 aliphatic rings. The standard InChI is InChI=1S/C19H20N2O2S/c1-2-21-17-9-8-16(10-15(17)11-19(21)23)20-18(22)13-24-12-14-6-4-3-5-7-14/h3-10H,2,11-13H2,1H3,(H,20,22). The fraction of sp³-hybridized carbons (Fsp3) is 0.263. The number of carbonyl (C=O) groups excluding carboxylic acids is 2. The molecule has 24 heavy (non-hydrogen) atoms. The summed E-state index contributed by atoms with van der Waals surface area (Å²) in [5, 5.41) is 2.92. The Kier molecular flexibility index (Phi) is 5.20. The second-order valence-electron chi connectivity index (χ2n) is 5.68. The van der Waals surface area contributed by atoms with Crippen molar-refractivity contribution in [2.75, 3.05) is 22.5 Å². The summed E-state index contributed by atoms with van der Waals surface area (Å²) < 4.78 is 0. The molecule has 0 spiro atoms. The molecule has 3 rings (SSSR count). The molecule has 0 aromatic heterocycles. The van der Waals surface area contributed by atoms with E-state index in [9.17, 15) is 9.59 Å². The molecule has 2 aromatic carbocycles. The lowest BCUT2D eigenvalue weighted by atomic mass is 10.1. The normalized spacial score (nSPS) is 13.0. The molecule has 0 fully saturated rings. The molecule has 0 saturated heterocycles. The minimum atomic E-state index is -0.0208. The van der Waals surface area contributed by atoms with E-state index < -0.39 is 0 Å². The van der Waals surface area contributed by atoms with Gasteiger partial charge in [-0.2, -0.15) is 0 Å². The Balaban J connectivity index is 1.54. The first-order valence-corrected chi connectivity index (χ1v) is 9.17. The van der Waals surface area contributed by atoms with E-state index in [1.807, 2.05) is 43.3 Å². The smallest absolute Gasteiger partial charge is 0.234 e. The molecule has 0 radical (unpaired) electrons. The Labute approximate surface area is 146 Å². The Morgan fingerprint density at radius 2 is 2.00 bits per heavy atom. The van der Waals surface area contributed by atoms with Gasteiger partial charge in [0.15, 0.2) is 0 Å². The van der Waals surface area contributed by atoms with Gasteiger partial charge in [0.2, 0.25) is 11.8 Å². The second kappa shape index (κ2) is 7.53. The summed E-state index contributed by atoms with van der Waals surface area (Å²) in [6.45, 7) is 2.64. The summed E-state index contributed by atoms with van der Waals surface area (Å²) in [4.78, 5) is 25.8. The van der Waals surface area contributed by atoms with Gasteiger partial charge < -0.3 is 10.2 Å². The van der Waals surface area contributed by atoms with Gasteiger partial charge in [-0.05, 0) is 36.2 Å². The largest absolute Gasteiger partial charge is 0.325 e. The fourth-order valence-electron chi connectivity index (χ4n) is 2.84. The van der Waals surface area contributed by atoms with Crippen molar-refractivity contribution in [1.82, 2.24) is 0 Å². The molecule has 1 aliphatic heterocycles. The molecule has 0 atom stereocenters. The van der Waals surface area contributed by atoms with Crippen molar-refractivity contribution < 1.29 is 9.59 Å². The lowest BCUT2D eigenvalue weighted by molar-refractivity contribution is -0.117. The summed E-state index contributed by atoms with van der Waals surface area (Å²) in [7, 11) is 0. The summed E-state index contributed by atoms with van der Waals surface area (Å²) >= 11 is 1.59. The van der Waals surface area contributed by atoms with Gasteiger partial charge in [-0.1, -0.05) is 30.3 Å². The van der Waals surface area contributed by atoms with Crippen LogP contribution in [0.25, 0.3) is 0 Å². The van der Waals surface area contributed by atoms with Crippen LogP contribution in [0.4, 0.5) is 11.4 Å². The van der Waals surface area contributed by atoms with Crippen molar-refractivity contribution in [1.29, 1.82) is 0 Å².